The van der Waals surface area contributed by atoms with Crippen molar-refractivity contribution >= 4 is 0 Å². The van der Waals surface area contributed by atoms with Crippen LogP contribution in [0.25, 0.3) is 0 Å². The van der Waals surface area contributed by atoms with E-state index in [9.17, 15) is 0 Å². The van der Waals surface area contributed by atoms with Gasteiger partial charge in [-0.3, -0.25) is 0 Å². The molecular formula is C11H20O2. The van der Waals surface area contributed by atoms with Gasteiger partial charge in [-0.15, -0.1) is 6.58 Å². The molecule has 13 heavy (non-hydrogen) atoms. The van der Waals surface area contributed by atoms with Gasteiger partial charge >= 0.3 is 0 Å². The van der Waals surface area contributed by atoms with Crippen LogP contribution in [-0.4, -0.2) is 25.4 Å². The summed E-state index contributed by atoms with van der Waals surface area (Å²) in [6.07, 6.45) is 5.68. The molecule has 76 valence electrons. The van der Waals surface area contributed by atoms with Crippen molar-refractivity contribution in [3.63, 3.8) is 0 Å². The molecule has 0 aromatic carbocycles. The lowest BCUT2D eigenvalue weighted by molar-refractivity contribution is -0.0861. The first-order valence-corrected chi connectivity index (χ1v) is 4.49. The van der Waals surface area contributed by atoms with E-state index < -0.39 is 0 Å². The second-order valence-electron chi connectivity index (χ2n) is 3.39. The van der Waals surface area contributed by atoms with E-state index >= 15 is 0 Å². The number of methoxy groups -OCH3 is 1. The highest BCUT2D eigenvalue weighted by atomic mass is 16.5. The van der Waals surface area contributed by atoms with Gasteiger partial charge in [0.25, 0.3) is 0 Å². The Labute approximate surface area is 81.2 Å². The predicted octanol–water partition coefficient (Wildman–Crippen LogP) is 2.56. The van der Waals surface area contributed by atoms with Gasteiger partial charge in [0.2, 0.25) is 0 Å². The van der Waals surface area contributed by atoms with Crippen LogP contribution >= 0.6 is 0 Å². The number of hydrogen-bond acceptors (Lipinski definition) is 2. The Balaban J connectivity index is 4.27. The Kier molecular flexibility index (Phi) is 5.67. The fourth-order valence-electron chi connectivity index (χ4n) is 1.12. The van der Waals surface area contributed by atoms with Crippen LogP contribution in [0, 0.1) is 0 Å². The van der Waals surface area contributed by atoms with Gasteiger partial charge in [-0.2, -0.15) is 0 Å². The summed E-state index contributed by atoms with van der Waals surface area (Å²) >= 11 is 0. The van der Waals surface area contributed by atoms with Crippen molar-refractivity contribution < 1.29 is 9.47 Å². The molecule has 0 unspecified atom stereocenters. The molecule has 0 heterocycles. The SMILES string of the molecule is C=CCOC(C)(C)[C@@H](/C=C/C)OC. The zero-order valence-corrected chi connectivity index (χ0v) is 9.04. The molecule has 0 amide bonds. The van der Waals surface area contributed by atoms with Gasteiger partial charge in [-0.25, -0.2) is 0 Å². The van der Waals surface area contributed by atoms with Gasteiger partial charge in [-0.1, -0.05) is 18.2 Å². The first kappa shape index (κ1) is 12.4. The van der Waals surface area contributed by atoms with E-state index in [1.807, 2.05) is 32.9 Å². The van der Waals surface area contributed by atoms with Crippen LogP contribution in [0.3, 0.4) is 0 Å². The van der Waals surface area contributed by atoms with E-state index in [1.54, 1.807) is 13.2 Å². The third-order valence-electron chi connectivity index (χ3n) is 1.88. The minimum absolute atomic E-state index is 0.0163. The van der Waals surface area contributed by atoms with Gasteiger partial charge in [0, 0.05) is 7.11 Å². The number of ether oxygens (including phenoxy) is 2. The third kappa shape index (κ3) is 4.25. The maximum Gasteiger partial charge on any atom is 0.104 e. The Morgan fingerprint density at radius 1 is 1.46 bits per heavy atom. The number of hydrogen-bond donors (Lipinski definition) is 0. The van der Waals surface area contributed by atoms with Crippen LogP contribution in [-0.2, 0) is 9.47 Å². The summed E-state index contributed by atoms with van der Waals surface area (Å²) in [7, 11) is 1.68. The largest absolute Gasteiger partial charge is 0.374 e. The summed E-state index contributed by atoms with van der Waals surface area (Å²) in [6.45, 7) is 10.1. The van der Waals surface area contributed by atoms with Crippen LogP contribution in [0.5, 0.6) is 0 Å². The molecular weight excluding hydrogens is 164 g/mol. The van der Waals surface area contributed by atoms with Crippen LogP contribution in [0.2, 0.25) is 0 Å². The average Bonchev–Trinajstić information content (AvgIpc) is 2.10. The third-order valence-corrected chi connectivity index (χ3v) is 1.88. The normalized spacial score (nSPS) is 14.8. The zero-order valence-electron chi connectivity index (χ0n) is 9.04. The van der Waals surface area contributed by atoms with Crippen molar-refractivity contribution in [1.82, 2.24) is 0 Å². The minimum atomic E-state index is -0.310. The molecule has 1 atom stereocenters. The fraction of sp³-hybridized carbons (Fsp3) is 0.636. The topological polar surface area (TPSA) is 18.5 Å². The summed E-state index contributed by atoms with van der Waals surface area (Å²) in [5.74, 6) is 0. The molecule has 2 heteroatoms. The number of rotatable bonds is 6. The van der Waals surface area contributed by atoms with Crippen molar-refractivity contribution in [2.75, 3.05) is 13.7 Å². The summed E-state index contributed by atoms with van der Waals surface area (Å²) < 4.78 is 10.9. The summed E-state index contributed by atoms with van der Waals surface area (Å²) in [5.41, 5.74) is -0.310. The van der Waals surface area contributed by atoms with Crippen molar-refractivity contribution in [1.29, 1.82) is 0 Å². The summed E-state index contributed by atoms with van der Waals surface area (Å²) in [6, 6.07) is 0. The predicted molar refractivity (Wildman–Crippen MR) is 55.8 cm³/mol. The Morgan fingerprint density at radius 2 is 2.08 bits per heavy atom. The molecule has 0 fully saturated rings. The number of allylic oxidation sites excluding steroid dienone is 1. The molecule has 0 rings (SSSR count). The van der Waals surface area contributed by atoms with Crippen molar-refractivity contribution in [3.8, 4) is 0 Å². The lowest BCUT2D eigenvalue weighted by Gasteiger charge is -2.31. The standard InChI is InChI=1S/C11H20O2/c1-6-8-10(12-5)11(3,4)13-9-7-2/h6-8,10H,2,9H2,1,3-5H3/b8-6+/t10-/m1/s1. The van der Waals surface area contributed by atoms with Crippen molar-refractivity contribution in [2.45, 2.75) is 32.5 Å². The summed E-state index contributed by atoms with van der Waals surface area (Å²) in [5, 5.41) is 0. The zero-order chi connectivity index (χ0) is 10.3. The van der Waals surface area contributed by atoms with Crippen LogP contribution in [0.15, 0.2) is 24.8 Å². The fourth-order valence-corrected chi connectivity index (χ4v) is 1.12. The first-order chi connectivity index (χ1) is 6.08. The first-order valence-electron chi connectivity index (χ1n) is 4.49. The molecule has 0 aliphatic heterocycles. The molecule has 0 N–H and O–H groups in total. The Hall–Kier alpha value is -0.600. The molecule has 0 aliphatic rings. The average molecular weight is 184 g/mol. The Morgan fingerprint density at radius 3 is 2.46 bits per heavy atom. The van der Waals surface area contributed by atoms with E-state index in [0.717, 1.165) is 0 Å². The molecule has 2 nitrogen and oxygen atoms in total. The highest BCUT2D eigenvalue weighted by Crippen LogP contribution is 2.18. The molecule has 0 saturated heterocycles. The molecule has 0 aliphatic carbocycles. The quantitative estimate of drug-likeness (QED) is 0.591. The lowest BCUT2D eigenvalue weighted by Crippen LogP contribution is -2.39. The van der Waals surface area contributed by atoms with Crippen LogP contribution < -0.4 is 0 Å². The Bertz CT molecular complexity index is 171. The second-order valence-corrected chi connectivity index (χ2v) is 3.39. The van der Waals surface area contributed by atoms with Crippen LogP contribution in [0.1, 0.15) is 20.8 Å². The van der Waals surface area contributed by atoms with E-state index in [1.165, 1.54) is 0 Å². The van der Waals surface area contributed by atoms with E-state index in [-0.39, 0.29) is 11.7 Å². The van der Waals surface area contributed by atoms with Gasteiger partial charge in [-0.05, 0) is 20.8 Å². The summed E-state index contributed by atoms with van der Waals surface area (Å²) in [4.78, 5) is 0. The molecule has 0 bridgehead atoms. The molecule has 0 saturated carbocycles. The van der Waals surface area contributed by atoms with E-state index in [0.29, 0.717) is 6.61 Å². The van der Waals surface area contributed by atoms with Gasteiger partial charge in [0.15, 0.2) is 0 Å². The van der Waals surface area contributed by atoms with E-state index in [2.05, 4.69) is 6.58 Å². The second kappa shape index (κ2) is 5.95. The lowest BCUT2D eigenvalue weighted by atomic mass is 10.0. The van der Waals surface area contributed by atoms with Gasteiger partial charge in [0.05, 0.1) is 12.2 Å². The molecule has 0 spiro atoms. The van der Waals surface area contributed by atoms with Gasteiger partial charge in [0.1, 0.15) is 6.10 Å². The monoisotopic (exact) mass is 184 g/mol. The maximum absolute atomic E-state index is 5.59. The minimum Gasteiger partial charge on any atom is -0.374 e. The maximum atomic E-state index is 5.59. The molecule has 0 aromatic rings. The highest BCUT2D eigenvalue weighted by Gasteiger charge is 2.27. The molecule has 0 radical (unpaired) electrons. The van der Waals surface area contributed by atoms with Crippen molar-refractivity contribution in [2.24, 2.45) is 0 Å². The molecule has 0 aromatic heterocycles. The highest BCUT2D eigenvalue weighted by molar-refractivity contribution is 4.97. The van der Waals surface area contributed by atoms with Gasteiger partial charge < -0.3 is 9.47 Å². The van der Waals surface area contributed by atoms with Crippen molar-refractivity contribution in [3.05, 3.63) is 24.8 Å². The smallest absolute Gasteiger partial charge is 0.104 e. The van der Waals surface area contributed by atoms with E-state index in [4.69, 9.17) is 9.47 Å². The van der Waals surface area contributed by atoms with Crippen LogP contribution in [0.4, 0.5) is 0 Å².